The lowest BCUT2D eigenvalue weighted by Gasteiger charge is -2.49. The summed E-state index contributed by atoms with van der Waals surface area (Å²) < 4.78 is 23.0. The molecule has 1 N–H and O–H groups in total. The summed E-state index contributed by atoms with van der Waals surface area (Å²) in [5, 5.41) is 11.5. The van der Waals surface area contributed by atoms with Gasteiger partial charge >= 0.3 is 0 Å². The van der Waals surface area contributed by atoms with E-state index in [2.05, 4.69) is 57.8 Å². The first-order chi connectivity index (χ1) is 22.3. The van der Waals surface area contributed by atoms with Crippen LogP contribution < -0.4 is 18.9 Å². The number of hydrogen-bond donors (Lipinski definition) is 1. The Kier molecular flexibility index (Phi) is 10.6. The third kappa shape index (κ3) is 6.85. The fourth-order valence-electron chi connectivity index (χ4n) is 8.77. The van der Waals surface area contributed by atoms with Gasteiger partial charge in [-0.25, -0.2) is 0 Å². The molecule has 5 atom stereocenters. The largest absolute Gasteiger partial charge is 0.493 e. The van der Waals surface area contributed by atoms with Gasteiger partial charge in [-0.1, -0.05) is 13.3 Å². The number of likely N-dealkylation sites (N-methyl/N-ethyl adjacent to an activating group) is 1. The first kappa shape index (κ1) is 33.3. The van der Waals surface area contributed by atoms with Crippen LogP contribution in [-0.2, 0) is 12.8 Å². The Morgan fingerprint density at radius 1 is 0.739 bits per heavy atom. The summed E-state index contributed by atoms with van der Waals surface area (Å²) in [7, 11) is 9.09. The second kappa shape index (κ2) is 14.7. The molecule has 0 bridgehead atoms. The highest BCUT2D eigenvalue weighted by atomic mass is 16.5. The van der Waals surface area contributed by atoms with Crippen LogP contribution in [0.25, 0.3) is 0 Å². The molecule has 2 saturated heterocycles. The molecule has 9 heteroatoms. The molecular formula is C37H56N4O5. The minimum Gasteiger partial charge on any atom is -0.493 e. The van der Waals surface area contributed by atoms with Gasteiger partial charge in [-0.3, -0.25) is 14.7 Å². The van der Waals surface area contributed by atoms with Crippen molar-refractivity contribution in [3.05, 3.63) is 46.5 Å². The monoisotopic (exact) mass is 636 g/mol. The molecule has 0 aliphatic carbocycles. The van der Waals surface area contributed by atoms with E-state index in [1.807, 2.05) is 0 Å². The molecule has 0 aromatic heterocycles. The molecule has 2 aromatic rings. The van der Waals surface area contributed by atoms with Crippen LogP contribution in [0.2, 0.25) is 0 Å². The standard InChI is InChI=1S/C37H56N4O5/c1-7-25-22-40-10-8-26-18-34(43-3)36(45-5)20-30(26)32(40)16-28(25)17-33-31-21-37(46-6)35(44-4)19-27(31)9-11-41(33)24-29(42)23-39-14-12-38(2)13-15-39/h18-21,25,28-29,32-33,42H,7-17,22-24H2,1-6H3/t25-,28+,29?,32-,33+/m0/s1. The van der Waals surface area contributed by atoms with Gasteiger partial charge in [0, 0.05) is 71.0 Å². The molecule has 4 heterocycles. The molecule has 2 fully saturated rings. The second-order valence-electron chi connectivity index (χ2n) is 14.0. The lowest BCUT2D eigenvalue weighted by molar-refractivity contribution is 0.0125. The molecule has 2 aromatic carbocycles. The summed E-state index contributed by atoms with van der Waals surface area (Å²) in [6, 6.07) is 9.44. The van der Waals surface area contributed by atoms with Crippen LogP contribution in [0.3, 0.4) is 0 Å². The zero-order chi connectivity index (χ0) is 32.4. The van der Waals surface area contributed by atoms with Gasteiger partial charge in [-0.2, -0.15) is 0 Å². The number of aliphatic hydroxyl groups is 1. The van der Waals surface area contributed by atoms with Gasteiger partial charge in [0.15, 0.2) is 23.0 Å². The van der Waals surface area contributed by atoms with Crippen molar-refractivity contribution in [1.82, 2.24) is 19.6 Å². The van der Waals surface area contributed by atoms with Gasteiger partial charge in [0.25, 0.3) is 0 Å². The van der Waals surface area contributed by atoms with E-state index in [0.717, 1.165) is 101 Å². The molecule has 46 heavy (non-hydrogen) atoms. The number of β-amino-alcohol motifs (C(OH)–C–C–N with tert-alkyl or cyclic N) is 1. The SMILES string of the molecule is CC[C@H]1CN2CCc3cc(OC)c(OC)cc3[C@@H]2C[C@@H]1C[C@@H]1c2cc(OC)c(OC)cc2CCN1CC(O)CN1CCN(C)CC1. The first-order valence-corrected chi connectivity index (χ1v) is 17.4. The van der Waals surface area contributed by atoms with Crippen LogP contribution in [0, 0.1) is 11.8 Å². The van der Waals surface area contributed by atoms with Gasteiger partial charge < -0.3 is 29.0 Å². The predicted molar refractivity (Wildman–Crippen MR) is 182 cm³/mol. The third-order valence-corrected chi connectivity index (χ3v) is 11.4. The Morgan fingerprint density at radius 3 is 1.96 bits per heavy atom. The minimum atomic E-state index is -0.385. The van der Waals surface area contributed by atoms with Crippen LogP contribution in [0.15, 0.2) is 24.3 Å². The summed E-state index contributed by atoms with van der Waals surface area (Å²) in [5.41, 5.74) is 5.47. The van der Waals surface area contributed by atoms with Crippen LogP contribution in [0.4, 0.5) is 0 Å². The van der Waals surface area contributed by atoms with Crippen molar-refractivity contribution in [3.8, 4) is 23.0 Å². The average molecular weight is 637 g/mol. The number of rotatable bonds is 11. The number of hydrogen-bond acceptors (Lipinski definition) is 9. The van der Waals surface area contributed by atoms with Crippen molar-refractivity contribution in [3.63, 3.8) is 0 Å². The quantitative estimate of drug-likeness (QED) is 0.390. The minimum absolute atomic E-state index is 0.213. The number of nitrogens with zero attached hydrogens (tertiary/aromatic N) is 4. The van der Waals surface area contributed by atoms with E-state index in [0.29, 0.717) is 24.4 Å². The zero-order valence-electron chi connectivity index (χ0n) is 29.0. The van der Waals surface area contributed by atoms with Gasteiger partial charge in [0.05, 0.1) is 34.5 Å². The van der Waals surface area contributed by atoms with Gasteiger partial charge in [-0.05, 0) is 91.1 Å². The Morgan fingerprint density at radius 2 is 1.33 bits per heavy atom. The Bertz CT molecular complexity index is 1330. The first-order valence-electron chi connectivity index (χ1n) is 17.4. The number of aliphatic hydroxyl groups excluding tert-OH is 1. The smallest absolute Gasteiger partial charge is 0.161 e. The number of methoxy groups -OCH3 is 4. The van der Waals surface area contributed by atoms with Crippen LogP contribution >= 0.6 is 0 Å². The molecule has 9 nitrogen and oxygen atoms in total. The van der Waals surface area contributed by atoms with Crippen LogP contribution in [0.1, 0.15) is 60.5 Å². The summed E-state index contributed by atoms with van der Waals surface area (Å²) in [6.45, 7) is 11.1. The highest BCUT2D eigenvalue weighted by Crippen LogP contribution is 2.49. The zero-order valence-corrected chi connectivity index (χ0v) is 29.0. The van der Waals surface area contributed by atoms with Crippen molar-refractivity contribution < 1.29 is 24.1 Å². The normalized spacial score (nSPS) is 26.5. The predicted octanol–water partition coefficient (Wildman–Crippen LogP) is 4.26. The molecule has 254 valence electrons. The molecule has 4 aliphatic heterocycles. The van der Waals surface area contributed by atoms with E-state index >= 15 is 0 Å². The van der Waals surface area contributed by atoms with E-state index in [-0.39, 0.29) is 12.1 Å². The van der Waals surface area contributed by atoms with Crippen LogP contribution in [-0.4, -0.2) is 125 Å². The number of piperazine rings is 1. The number of fused-ring (bicyclic) bond motifs is 4. The van der Waals surface area contributed by atoms with Crippen molar-refractivity contribution >= 4 is 0 Å². The maximum Gasteiger partial charge on any atom is 0.161 e. The molecule has 4 aliphatic rings. The van der Waals surface area contributed by atoms with E-state index in [4.69, 9.17) is 18.9 Å². The van der Waals surface area contributed by atoms with E-state index in [1.54, 1.807) is 28.4 Å². The lowest BCUT2D eigenvalue weighted by Crippen LogP contribution is -2.50. The number of benzene rings is 2. The highest BCUT2D eigenvalue weighted by molar-refractivity contribution is 5.51. The molecular weight excluding hydrogens is 580 g/mol. The average Bonchev–Trinajstić information content (AvgIpc) is 3.08. The number of piperidine rings is 1. The third-order valence-electron chi connectivity index (χ3n) is 11.4. The highest BCUT2D eigenvalue weighted by Gasteiger charge is 2.41. The Hall–Kier alpha value is -2.56. The fourth-order valence-corrected chi connectivity index (χ4v) is 8.77. The number of ether oxygens (including phenoxy) is 4. The van der Waals surface area contributed by atoms with Crippen molar-refractivity contribution in [2.75, 3.05) is 94.4 Å². The molecule has 0 spiro atoms. The van der Waals surface area contributed by atoms with E-state index in [9.17, 15) is 5.11 Å². The van der Waals surface area contributed by atoms with Crippen molar-refractivity contribution in [1.29, 1.82) is 0 Å². The molecule has 6 rings (SSSR count). The maximum absolute atomic E-state index is 11.5. The van der Waals surface area contributed by atoms with Crippen molar-refractivity contribution in [2.24, 2.45) is 11.8 Å². The van der Waals surface area contributed by atoms with E-state index < -0.39 is 0 Å². The second-order valence-corrected chi connectivity index (χ2v) is 14.0. The lowest BCUT2D eigenvalue weighted by atomic mass is 9.72. The summed E-state index contributed by atoms with van der Waals surface area (Å²) >= 11 is 0. The summed E-state index contributed by atoms with van der Waals surface area (Å²) in [4.78, 5) is 10.1. The molecule has 0 amide bonds. The maximum atomic E-state index is 11.5. The van der Waals surface area contributed by atoms with Gasteiger partial charge in [-0.15, -0.1) is 0 Å². The molecule has 1 unspecified atom stereocenters. The molecule has 0 radical (unpaired) electrons. The van der Waals surface area contributed by atoms with Crippen LogP contribution in [0.5, 0.6) is 23.0 Å². The van der Waals surface area contributed by atoms with E-state index in [1.165, 1.54) is 28.7 Å². The fraction of sp³-hybridized carbons (Fsp3) is 0.676. The van der Waals surface area contributed by atoms with Gasteiger partial charge in [0.1, 0.15) is 0 Å². The van der Waals surface area contributed by atoms with Gasteiger partial charge in [0.2, 0.25) is 0 Å². The summed E-state index contributed by atoms with van der Waals surface area (Å²) in [5.74, 6) is 4.40. The Labute approximate surface area is 276 Å². The summed E-state index contributed by atoms with van der Waals surface area (Å²) in [6.07, 6.45) is 4.96. The van der Waals surface area contributed by atoms with Crippen molar-refractivity contribution in [2.45, 2.75) is 57.2 Å². The molecule has 0 saturated carbocycles. The topological polar surface area (TPSA) is 70.1 Å². The Balaban J connectivity index is 1.28.